The third-order valence-electron chi connectivity index (χ3n) is 3.37. The largest absolute Gasteiger partial charge is 0.389 e. The molecule has 0 saturated carbocycles. The molecule has 80 valence electrons. The minimum absolute atomic E-state index is 0.0405. The zero-order valence-electron chi connectivity index (χ0n) is 8.54. The number of likely N-dealkylation sites (tertiary alicyclic amines) is 1. The molecule has 15 heavy (non-hydrogen) atoms. The number of fused-ring (bicyclic) bond motifs is 2. The summed E-state index contributed by atoms with van der Waals surface area (Å²) in [6.45, 7) is 2.46. The van der Waals surface area contributed by atoms with Gasteiger partial charge in [-0.25, -0.2) is 0 Å². The zero-order valence-corrected chi connectivity index (χ0v) is 8.54. The van der Waals surface area contributed by atoms with Crippen molar-refractivity contribution in [3.63, 3.8) is 0 Å². The summed E-state index contributed by atoms with van der Waals surface area (Å²) in [7, 11) is 0. The number of morpholine rings is 1. The Bertz CT molecular complexity index is 341. The van der Waals surface area contributed by atoms with E-state index in [4.69, 9.17) is 4.74 Å². The van der Waals surface area contributed by atoms with E-state index in [2.05, 4.69) is 29.2 Å². The van der Waals surface area contributed by atoms with E-state index in [1.165, 1.54) is 5.56 Å². The van der Waals surface area contributed by atoms with Crippen molar-refractivity contribution in [3.05, 3.63) is 35.9 Å². The Labute approximate surface area is 89.3 Å². The van der Waals surface area contributed by atoms with Gasteiger partial charge in [-0.15, -0.1) is 0 Å². The highest BCUT2D eigenvalue weighted by Crippen LogP contribution is 2.29. The minimum atomic E-state index is -0.284. The molecule has 3 heteroatoms. The molecular weight excluding hydrogens is 190 g/mol. The molecule has 3 rings (SSSR count). The van der Waals surface area contributed by atoms with Crippen LogP contribution < -0.4 is 0 Å². The lowest BCUT2D eigenvalue weighted by Gasteiger charge is -2.26. The van der Waals surface area contributed by atoms with E-state index >= 15 is 0 Å². The van der Waals surface area contributed by atoms with Gasteiger partial charge in [0.15, 0.2) is 0 Å². The number of hydrogen-bond acceptors (Lipinski definition) is 3. The number of rotatable bonds is 2. The molecular formula is C12H15NO2. The van der Waals surface area contributed by atoms with Gasteiger partial charge in [0.2, 0.25) is 0 Å². The molecule has 2 bridgehead atoms. The van der Waals surface area contributed by atoms with Crippen LogP contribution in [0.25, 0.3) is 0 Å². The molecule has 2 heterocycles. The maximum atomic E-state index is 9.81. The first-order chi connectivity index (χ1) is 7.34. The fourth-order valence-corrected chi connectivity index (χ4v) is 2.52. The highest BCUT2D eigenvalue weighted by molar-refractivity contribution is 5.15. The molecule has 0 aliphatic carbocycles. The normalized spacial score (nSPS) is 34.9. The highest BCUT2D eigenvalue weighted by atomic mass is 16.5. The van der Waals surface area contributed by atoms with Crippen LogP contribution in [0.5, 0.6) is 0 Å². The summed E-state index contributed by atoms with van der Waals surface area (Å²) in [5.41, 5.74) is 1.30. The molecule has 3 unspecified atom stereocenters. The van der Waals surface area contributed by atoms with Gasteiger partial charge in [0.25, 0.3) is 0 Å². The first-order valence-corrected chi connectivity index (χ1v) is 5.42. The van der Waals surface area contributed by atoms with Crippen molar-refractivity contribution < 1.29 is 9.84 Å². The second kappa shape index (κ2) is 3.59. The number of nitrogens with zero attached hydrogens (tertiary/aromatic N) is 1. The van der Waals surface area contributed by atoms with E-state index in [0.717, 1.165) is 13.1 Å². The molecule has 2 saturated heterocycles. The molecule has 2 aliphatic heterocycles. The van der Waals surface area contributed by atoms with Crippen LogP contribution in [0.3, 0.4) is 0 Å². The summed E-state index contributed by atoms with van der Waals surface area (Å²) >= 11 is 0. The molecule has 3 nitrogen and oxygen atoms in total. The number of ether oxygens (including phenoxy) is 1. The average molecular weight is 205 g/mol. The van der Waals surface area contributed by atoms with Gasteiger partial charge in [-0.05, 0) is 5.56 Å². The van der Waals surface area contributed by atoms with E-state index in [9.17, 15) is 5.11 Å². The molecule has 2 fully saturated rings. The van der Waals surface area contributed by atoms with Gasteiger partial charge in [0, 0.05) is 13.1 Å². The standard InChI is InChI=1S/C12H15NO2/c14-12-10-8-15-11(12)7-13(10)6-9-4-2-1-3-5-9/h1-5,10-12,14H,6-8H2. The van der Waals surface area contributed by atoms with Gasteiger partial charge >= 0.3 is 0 Å². The van der Waals surface area contributed by atoms with Crippen molar-refractivity contribution in [1.29, 1.82) is 0 Å². The third kappa shape index (κ3) is 1.57. The van der Waals surface area contributed by atoms with Crippen LogP contribution in [0, 0.1) is 0 Å². The van der Waals surface area contributed by atoms with E-state index < -0.39 is 0 Å². The summed E-state index contributed by atoms with van der Waals surface area (Å²) in [4.78, 5) is 2.31. The van der Waals surface area contributed by atoms with Gasteiger partial charge in [0.05, 0.1) is 24.9 Å². The Morgan fingerprint density at radius 1 is 1.33 bits per heavy atom. The summed E-state index contributed by atoms with van der Waals surface area (Å²) in [6, 6.07) is 10.6. The molecule has 0 amide bonds. The lowest BCUT2D eigenvalue weighted by Crippen LogP contribution is -2.37. The monoisotopic (exact) mass is 205 g/mol. The molecule has 0 radical (unpaired) electrons. The maximum Gasteiger partial charge on any atom is 0.0991 e. The van der Waals surface area contributed by atoms with E-state index in [1.54, 1.807) is 0 Å². The predicted molar refractivity (Wildman–Crippen MR) is 56.4 cm³/mol. The first-order valence-electron chi connectivity index (χ1n) is 5.42. The number of hydrogen-bond donors (Lipinski definition) is 1. The molecule has 1 N–H and O–H groups in total. The van der Waals surface area contributed by atoms with E-state index in [-0.39, 0.29) is 18.2 Å². The SMILES string of the molecule is OC1C2CN(Cc3ccccc3)C1CO2. The van der Waals surface area contributed by atoms with Crippen LogP contribution in [-0.4, -0.2) is 41.4 Å². The Balaban J connectivity index is 1.71. The van der Waals surface area contributed by atoms with Gasteiger partial charge in [-0.3, -0.25) is 4.90 Å². The molecule has 1 aromatic rings. The minimum Gasteiger partial charge on any atom is -0.389 e. The summed E-state index contributed by atoms with van der Waals surface area (Å²) < 4.78 is 5.44. The number of aliphatic hydroxyl groups excluding tert-OH is 1. The Hall–Kier alpha value is -0.900. The second-order valence-corrected chi connectivity index (χ2v) is 4.34. The fraction of sp³-hybridized carbons (Fsp3) is 0.500. The zero-order chi connectivity index (χ0) is 10.3. The fourth-order valence-electron chi connectivity index (χ4n) is 2.52. The lowest BCUT2D eigenvalue weighted by molar-refractivity contribution is 0.0206. The van der Waals surface area contributed by atoms with Gasteiger partial charge in [-0.2, -0.15) is 0 Å². The average Bonchev–Trinajstić information content (AvgIpc) is 2.75. The predicted octanol–water partition coefficient (Wildman–Crippen LogP) is 0.630. The van der Waals surface area contributed by atoms with Crippen LogP contribution in [0.2, 0.25) is 0 Å². The highest BCUT2D eigenvalue weighted by Gasteiger charge is 2.46. The van der Waals surface area contributed by atoms with Crippen molar-refractivity contribution in [1.82, 2.24) is 4.90 Å². The van der Waals surface area contributed by atoms with E-state index in [1.807, 2.05) is 6.07 Å². The van der Waals surface area contributed by atoms with Crippen LogP contribution in [0.4, 0.5) is 0 Å². The summed E-state index contributed by atoms with van der Waals surface area (Å²) in [5, 5.41) is 9.81. The topological polar surface area (TPSA) is 32.7 Å². The van der Waals surface area contributed by atoms with Crippen LogP contribution >= 0.6 is 0 Å². The van der Waals surface area contributed by atoms with Crippen molar-refractivity contribution in [2.45, 2.75) is 24.8 Å². The van der Waals surface area contributed by atoms with Crippen LogP contribution in [-0.2, 0) is 11.3 Å². The van der Waals surface area contributed by atoms with Crippen molar-refractivity contribution in [2.75, 3.05) is 13.2 Å². The molecule has 3 atom stereocenters. The van der Waals surface area contributed by atoms with Crippen molar-refractivity contribution in [2.24, 2.45) is 0 Å². The molecule has 0 spiro atoms. The third-order valence-corrected chi connectivity index (χ3v) is 3.37. The first kappa shape index (κ1) is 9.33. The lowest BCUT2D eigenvalue weighted by atomic mass is 10.2. The van der Waals surface area contributed by atoms with E-state index in [0.29, 0.717) is 6.61 Å². The van der Waals surface area contributed by atoms with Crippen LogP contribution in [0.15, 0.2) is 30.3 Å². The smallest absolute Gasteiger partial charge is 0.0991 e. The summed E-state index contributed by atoms with van der Waals surface area (Å²) in [6.07, 6.45) is -0.243. The van der Waals surface area contributed by atoms with Gasteiger partial charge in [-0.1, -0.05) is 30.3 Å². The summed E-state index contributed by atoms with van der Waals surface area (Å²) in [5.74, 6) is 0. The van der Waals surface area contributed by atoms with Gasteiger partial charge in [0.1, 0.15) is 0 Å². The maximum absolute atomic E-state index is 9.81. The Morgan fingerprint density at radius 2 is 2.13 bits per heavy atom. The number of benzene rings is 1. The molecule has 1 aromatic carbocycles. The quantitative estimate of drug-likeness (QED) is 0.768. The second-order valence-electron chi connectivity index (χ2n) is 4.34. The van der Waals surface area contributed by atoms with Crippen molar-refractivity contribution in [3.8, 4) is 0 Å². The Kier molecular flexibility index (Phi) is 2.24. The molecule has 0 aromatic heterocycles. The molecule has 2 aliphatic rings. The van der Waals surface area contributed by atoms with Crippen LogP contribution in [0.1, 0.15) is 5.56 Å². The van der Waals surface area contributed by atoms with Crippen molar-refractivity contribution >= 4 is 0 Å². The number of aliphatic hydroxyl groups is 1. The van der Waals surface area contributed by atoms with Gasteiger partial charge < -0.3 is 9.84 Å². The Morgan fingerprint density at radius 3 is 2.73 bits per heavy atom.